The molecule has 2 rings (SSSR count). The minimum Gasteiger partial charge on any atom is -0.481 e. The fourth-order valence-corrected chi connectivity index (χ4v) is 2.23. The molecular weight excluding hydrogens is 308 g/mol. The summed E-state index contributed by atoms with van der Waals surface area (Å²) in [6.45, 7) is 1.87. The molecule has 0 aliphatic carbocycles. The lowest BCUT2D eigenvalue weighted by Crippen LogP contribution is -2.41. The van der Waals surface area contributed by atoms with Crippen LogP contribution in [0.25, 0.3) is 10.8 Å². The Balaban J connectivity index is 2.26. The van der Waals surface area contributed by atoms with Crippen molar-refractivity contribution < 1.29 is 9.53 Å². The van der Waals surface area contributed by atoms with E-state index in [9.17, 15) is 4.79 Å². The van der Waals surface area contributed by atoms with Crippen molar-refractivity contribution >= 4 is 32.6 Å². The first kappa shape index (κ1) is 13.8. The zero-order chi connectivity index (χ0) is 13.8. The Bertz CT molecular complexity index is 601. The SMILES string of the molecule is CCC(Oc1ccc2cc(Br)ccc2c1)C(=O)NN. The van der Waals surface area contributed by atoms with Gasteiger partial charge in [-0.2, -0.15) is 0 Å². The summed E-state index contributed by atoms with van der Waals surface area (Å²) in [5.74, 6) is 5.46. The highest BCUT2D eigenvalue weighted by Gasteiger charge is 2.16. The van der Waals surface area contributed by atoms with E-state index in [0.717, 1.165) is 15.2 Å². The molecule has 100 valence electrons. The molecule has 5 heteroatoms. The number of ether oxygens (including phenoxy) is 1. The van der Waals surface area contributed by atoms with Crippen LogP contribution in [-0.4, -0.2) is 12.0 Å². The Morgan fingerprint density at radius 1 is 1.32 bits per heavy atom. The number of benzene rings is 2. The van der Waals surface area contributed by atoms with E-state index >= 15 is 0 Å². The summed E-state index contributed by atoms with van der Waals surface area (Å²) in [7, 11) is 0. The molecular formula is C14H15BrN2O2. The second-order valence-corrected chi connectivity index (χ2v) is 5.09. The van der Waals surface area contributed by atoms with Gasteiger partial charge in [-0.05, 0) is 41.5 Å². The minimum atomic E-state index is -0.571. The summed E-state index contributed by atoms with van der Waals surface area (Å²) in [4.78, 5) is 11.5. The van der Waals surface area contributed by atoms with Gasteiger partial charge in [0.1, 0.15) is 5.75 Å². The van der Waals surface area contributed by atoms with Crippen molar-refractivity contribution in [3.8, 4) is 5.75 Å². The summed E-state index contributed by atoms with van der Waals surface area (Å²) in [6, 6.07) is 11.7. The molecule has 0 heterocycles. The number of nitrogens with one attached hydrogen (secondary N) is 1. The van der Waals surface area contributed by atoms with Crippen LogP contribution in [0.4, 0.5) is 0 Å². The molecule has 0 saturated carbocycles. The third kappa shape index (κ3) is 3.24. The second-order valence-electron chi connectivity index (χ2n) is 4.18. The molecule has 19 heavy (non-hydrogen) atoms. The average Bonchev–Trinajstić information content (AvgIpc) is 2.44. The van der Waals surface area contributed by atoms with Crippen LogP contribution in [0.15, 0.2) is 40.9 Å². The third-order valence-corrected chi connectivity index (χ3v) is 3.35. The van der Waals surface area contributed by atoms with Gasteiger partial charge in [-0.3, -0.25) is 10.2 Å². The zero-order valence-corrected chi connectivity index (χ0v) is 12.1. The quantitative estimate of drug-likeness (QED) is 0.517. The van der Waals surface area contributed by atoms with Crippen molar-refractivity contribution in [1.82, 2.24) is 5.43 Å². The van der Waals surface area contributed by atoms with Crippen molar-refractivity contribution in [3.05, 3.63) is 40.9 Å². The number of halogens is 1. The van der Waals surface area contributed by atoms with Gasteiger partial charge in [0.2, 0.25) is 0 Å². The van der Waals surface area contributed by atoms with Crippen molar-refractivity contribution in [1.29, 1.82) is 0 Å². The van der Waals surface area contributed by atoms with Crippen LogP contribution in [0.1, 0.15) is 13.3 Å². The third-order valence-electron chi connectivity index (χ3n) is 2.86. The molecule has 0 aliphatic heterocycles. The monoisotopic (exact) mass is 322 g/mol. The number of amides is 1. The number of carbonyl (C=O) groups excluding carboxylic acids is 1. The summed E-state index contributed by atoms with van der Waals surface area (Å²) in [5.41, 5.74) is 2.11. The number of hydrazine groups is 1. The molecule has 4 nitrogen and oxygen atoms in total. The first-order valence-electron chi connectivity index (χ1n) is 6.00. The Hall–Kier alpha value is -1.59. The second kappa shape index (κ2) is 6.04. The number of carbonyl (C=O) groups is 1. The standard InChI is InChI=1S/C14H15BrN2O2/c1-2-13(14(18)17-16)19-12-6-4-9-7-11(15)5-3-10(9)8-12/h3-8,13H,2,16H2,1H3,(H,17,18). The van der Waals surface area contributed by atoms with Crippen molar-refractivity contribution in [2.24, 2.45) is 5.84 Å². The highest BCUT2D eigenvalue weighted by atomic mass is 79.9. The van der Waals surface area contributed by atoms with Gasteiger partial charge < -0.3 is 4.74 Å². The fourth-order valence-electron chi connectivity index (χ4n) is 1.85. The van der Waals surface area contributed by atoms with Gasteiger partial charge in [-0.25, -0.2) is 5.84 Å². The van der Waals surface area contributed by atoms with E-state index in [2.05, 4.69) is 21.4 Å². The molecule has 0 aromatic heterocycles. The molecule has 0 fully saturated rings. The van der Waals surface area contributed by atoms with Crippen LogP contribution >= 0.6 is 15.9 Å². The molecule has 0 radical (unpaired) electrons. The van der Waals surface area contributed by atoms with Crippen LogP contribution < -0.4 is 16.0 Å². The maximum absolute atomic E-state index is 11.5. The first-order valence-corrected chi connectivity index (χ1v) is 6.79. The smallest absolute Gasteiger partial charge is 0.274 e. The average molecular weight is 323 g/mol. The van der Waals surface area contributed by atoms with E-state index < -0.39 is 6.10 Å². The molecule has 3 N–H and O–H groups in total. The van der Waals surface area contributed by atoms with Crippen molar-refractivity contribution in [2.45, 2.75) is 19.4 Å². The normalized spacial score (nSPS) is 12.2. The Kier molecular flexibility index (Phi) is 4.39. The Morgan fingerprint density at radius 3 is 2.68 bits per heavy atom. The number of hydrogen-bond acceptors (Lipinski definition) is 3. The predicted molar refractivity (Wildman–Crippen MR) is 78.7 cm³/mol. The van der Waals surface area contributed by atoms with E-state index in [1.54, 1.807) is 0 Å². The van der Waals surface area contributed by atoms with Crippen LogP contribution in [0.3, 0.4) is 0 Å². The van der Waals surface area contributed by atoms with Crippen molar-refractivity contribution in [2.75, 3.05) is 0 Å². The van der Waals surface area contributed by atoms with Gasteiger partial charge in [0, 0.05) is 4.47 Å². The van der Waals surface area contributed by atoms with Gasteiger partial charge in [-0.15, -0.1) is 0 Å². The van der Waals surface area contributed by atoms with Gasteiger partial charge in [-0.1, -0.05) is 35.0 Å². The van der Waals surface area contributed by atoms with Gasteiger partial charge in [0.15, 0.2) is 6.10 Å². The van der Waals surface area contributed by atoms with Crippen molar-refractivity contribution in [3.63, 3.8) is 0 Å². The van der Waals surface area contributed by atoms with Crippen LogP contribution in [-0.2, 0) is 4.79 Å². The Morgan fingerprint density at radius 2 is 2.00 bits per heavy atom. The Labute approximate surface area is 120 Å². The minimum absolute atomic E-state index is 0.321. The van der Waals surface area contributed by atoms with Gasteiger partial charge >= 0.3 is 0 Å². The maximum atomic E-state index is 11.5. The molecule has 2 aromatic carbocycles. The lowest BCUT2D eigenvalue weighted by atomic mass is 10.1. The molecule has 1 unspecified atom stereocenters. The highest BCUT2D eigenvalue weighted by molar-refractivity contribution is 9.10. The zero-order valence-electron chi connectivity index (χ0n) is 10.5. The fraction of sp³-hybridized carbons (Fsp3) is 0.214. The van der Waals surface area contributed by atoms with Gasteiger partial charge in [0.25, 0.3) is 5.91 Å². The summed E-state index contributed by atoms with van der Waals surface area (Å²) in [5, 5.41) is 2.17. The molecule has 1 amide bonds. The van der Waals surface area contributed by atoms with E-state index in [4.69, 9.17) is 10.6 Å². The van der Waals surface area contributed by atoms with E-state index in [1.165, 1.54) is 0 Å². The lowest BCUT2D eigenvalue weighted by molar-refractivity contribution is -0.128. The maximum Gasteiger partial charge on any atom is 0.274 e. The largest absolute Gasteiger partial charge is 0.481 e. The highest BCUT2D eigenvalue weighted by Crippen LogP contribution is 2.25. The number of nitrogens with two attached hydrogens (primary N) is 1. The summed E-state index contributed by atoms with van der Waals surface area (Å²) >= 11 is 3.43. The molecule has 1 atom stereocenters. The van der Waals surface area contributed by atoms with E-state index in [0.29, 0.717) is 12.2 Å². The molecule has 2 aromatic rings. The predicted octanol–water partition coefficient (Wildman–Crippen LogP) is 2.75. The molecule has 0 bridgehead atoms. The molecule has 0 aliphatic rings. The first-order chi connectivity index (χ1) is 9.13. The van der Waals surface area contributed by atoms with E-state index in [1.807, 2.05) is 43.3 Å². The topological polar surface area (TPSA) is 64.3 Å². The number of rotatable bonds is 4. The van der Waals surface area contributed by atoms with Crippen LogP contribution in [0.5, 0.6) is 5.75 Å². The van der Waals surface area contributed by atoms with Crippen LogP contribution in [0, 0.1) is 0 Å². The molecule has 0 saturated heterocycles. The summed E-state index contributed by atoms with van der Waals surface area (Å²) in [6.07, 6.45) is -0.0144. The molecule has 0 spiro atoms. The van der Waals surface area contributed by atoms with Gasteiger partial charge in [0.05, 0.1) is 0 Å². The van der Waals surface area contributed by atoms with E-state index in [-0.39, 0.29) is 5.91 Å². The number of fused-ring (bicyclic) bond motifs is 1. The van der Waals surface area contributed by atoms with Crippen LogP contribution in [0.2, 0.25) is 0 Å². The summed E-state index contributed by atoms with van der Waals surface area (Å²) < 4.78 is 6.68. The lowest BCUT2D eigenvalue weighted by Gasteiger charge is -2.16. The number of hydrogen-bond donors (Lipinski definition) is 2.